The first-order chi connectivity index (χ1) is 14.4. The van der Waals surface area contributed by atoms with E-state index >= 15 is 0 Å². The Bertz CT molecular complexity index is 1240. The van der Waals surface area contributed by atoms with E-state index in [0.29, 0.717) is 5.69 Å². The average molecular weight is 550 g/mol. The van der Waals surface area contributed by atoms with Gasteiger partial charge in [0.15, 0.2) is 5.69 Å². The van der Waals surface area contributed by atoms with Gasteiger partial charge in [-0.1, -0.05) is 40.2 Å². The van der Waals surface area contributed by atoms with Crippen LogP contribution in [0.2, 0.25) is 0 Å². The summed E-state index contributed by atoms with van der Waals surface area (Å²) in [4.78, 5) is 0. The quantitative estimate of drug-likeness (QED) is 0.339. The lowest BCUT2D eigenvalue weighted by Crippen LogP contribution is -3.00. The summed E-state index contributed by atoms with van der Waals surface area (Å²) in [7, 11) is 0. The summed E-state index contributed by atoms with van der Waals surface area (Å²) >= 11 is 3.47. The number of aryl methyl sites for hydroxylation is 1. The van der Waals surface area contributed by atoms with Crippen molar-refractivity contribution in [3.63, 3.8) is 0 Å². The number of aromatic nitrogens is 2. The fourth-order valence-electron chi connectivity index (χ4n) is 4.07. The zero-order valence-electron chi connectivity index (χ0n) is 16.2. The van der Waals surface area contributed by atoms with E-state index in [-0.39, 0.29) is 17.0 Å². The van der Waals surface area contributed by atoms with E-state index in [9.17, 15) is 13.2 Å². The van der Waals surface area contributed by atoms with Crippen molar-refractivity contribution in [2.24, 2.45) is 0 Å². The fourth-order valence-corrected chi connectivity index (χ4v) is 4.33. The summed E-state index contributed by atoms with van der Waals surface area (Å²) < 4.78 is 45.0. The predicted molar refractivity (Wildman–Crippen MR) is 113 cm³/mol. The molecule has 0 atom stereocenters. The van der Waals surface area contributed by atoms with Gasteiger partial charge in [0.25, 0.3) is 5.82 Å². The maximum absolute atomic E-state index is 13.3. The standard InChI is InChI=1S/C24H17BrF3N2.BrH/c25-19-11-8-17(9-12-19)22-15-29(20-6-3-5-18(14-20)24(26,27)28)23-13-10-16-4-1-2-7-21(16)30(22)23;/h1-9,11-12,14-15H,10,13H2;1H/q+1;/p-1. The molecule has 31 heavy (non-hydrogen) atoms. The molecule has 0 fully saturated rings. The Morgan fingerprint density at radius 3 is 2.35 bits per heavy atom. The molecule has 1 aromatic heterocycles. The van der Waals surface area contributed by atoms with Gasteiger partial charge in [-0.2, -0.15) is 22.3 Å². The molecule has 7 heteroatoms. The molecular weight excluding hydrogens is 533 g/mol. The Morgan fingerprint density at radius 1 is 0.871 bits per heavy atom. The van der Waals surface area contributed by atoms with Crippen LogP contribution in [0.4, 0.5) is 13.2 Å². The number of nitrogens with zero attached hydrogens (tertiary/aromatic N) is 2. The van der Waals surface area contributed by atoms with Gasteiger partial charge < -0.3 is 17.0 Å². The molecule has 0 bridgehead atoms. The van der Waals surface area contributed by atoms with Crippen LogP contribution in [0, 0.1) is 0 Å². The molecule has 0 saturated heterocycles. The van der Waals surface area contributed by atoms with Crippen LogP contribution in [0.15, 0.2) is 83.5 Å². The van der Waals surface area contributed by atoms with Gasteiger partial charge in [0, 0.05) is 10.0 Å². The Hall–Kier alpha value is -2.38. The highest BCUT2D eigenvalue weighted by molar-refractivity contribution is 9.10. The number of alkyl halides is 3. The molecule has 1 aliphatic rings. The van der Waals surface area contributed by atoms with Crippen LogP contribution in [0.3, 0.4) is 0 Å². The molecule has 0 radical (unpaired) electrons. The number of fused-ring (bicyclic) bond motifs is 3. The van der Waals surface area contributed by atoms with Gasteiger partial charge >= 0.3 is 6.18 Å². The lowest BCUT2D eigenvalue weighted by molar-refractivity contribution is -0.595. The monoisotopic (exact) mass is 548 g/mol. The molecule has 1 aliphatic heterocycles. The van der Waals surface area contributed by atoms with Crippen molar-refractivity contribution < 1.29 is 34.7 Å². The number of imidazole rings is 1. The second-order valence-electron chi connectivity index (χ2n) is 7.32. The summed E-state index contributed by atoms with van der Waals surface area (Å²) in [5, 5.41) is 0. The molecule has 0 saturated carbocycles. The van der Waals surface area contributed by atoms with Gasteiger partial charge in [-0.25, -0.2) is 0 Å². The summed E-state index contributed by atoms with van der Waals surface area (Å²) in [6.07, 6.45) is -0.851. The van der Waals surface area contributed by atoms with Crippen molar-refractivity contribution in [2.75, 3.05) is 0 Å². The molecule has 4 aromatic rings. The third kappa shape index (κ3) is 3.96. The Labute approximate surface area is 196 Å². The number of rotatable bonds is 2. The highest BCUT2D eigenvalue weighted by atomic mass is 79.9. The van der Waals surface area contributed by atoms with Crippen LogP contribution < -0.4 is 21.5 Å². The molecule has 0 N–H and O–H groups in total. The van der Waals surface area contributed by atoms with E-state index in [0.717, 1.165) is 46.1 Å². The van der Waals surface area contributed by atoms with E-state index in [2.05, 4.69) is 32.6 Å². The number of hydrogen-bond acceptors (Lipinski definition) is 0. The minimum absolute atomic E-state index is 0. The Balaban J connectivity index is 0.00000231. The van der Waals surface area contributed by atoms with Gasteiger partial charge in [-0.15, -0.1) is 0 Å². The first-order valence-electron chi connectivity index (χ1n) is 9.60. The van der Waals surface area contributed by atoms with E-state index in [4.69, 9.17) is 0 Å². The van der Waals surface area contributed by atoms with Crippen LogP contribution in [0.1, 0.15) is 17.0 Å². The van der Waals surface area contributed by atoms with E-state index < -0.39 is 11.7 Å². The zero-order chi connectivity index (χ0) is 20.9. The van der Waals surface area contributed by atoms with Gasteiger partial charge in [-0.05, 0) is 60.5 Å². The van der Waals surface area contributed by atoms with Crippen LogP contribution in [0.5, 0.6) is 0 Å². The van der Waals surface area contributed by atoms with E-state index in [1.165, 1.54) is 17.7 Å². The lowest BCUT2D eigenvalue weighted by atomic mass is 10.0. The molecule has 158 valence electrons. The first kappa shape index (κ1) is 21.8. The normalized spacial score (nSPS) is 12.6. The minimum atomic E-state index is -4.38. The van der Waals surface area contributed by atoms with Gasteiger partial charge in [0.05, 0.1) is 12.0 Å². The average Bonchev–Trinajstić information content (AvgIpc) is 3.14. The molecule has 3 aromatic carbocycles. The molecule has 2 heterocycles. The molecule has 0 amide bonds. The van der Waals surface area contributed by atoms with Crippen molar-refractivity contribution >= 4 is 15.9 Å². The van der Waals surface area contributed by atoms with Crippen molar-refractivity contribution in [1.82, 2.24) is 4.57 Å². The summed E-state index contributed by atoms with van der Waals surface area (Å²) in [6, 6.07) is 21.7. The smallest absolute Gasteiger partial charge is 0.416 e. The number of para-hydroxylation sites is 1. The van der Waals surface area contributed by atoms with Gasteiger partial charge in [0.1, 0.15) is 17.6 Å². The molecular formula is C24H17Br2F3N2. The van der Waals surface area contributed by atoms with Crippen LogP contribution in [0.25, 0.3) is 22.6 Å². The minimum Gasteiger partial charge on any atom is -1.00 e. The number of hydrogen-bond donors (Lipinski definition) is 0. The van der Waals surface area contributed by atoms with Crippen LogP contribution >= 0.6 is 15.9 Å². The van der Waals surface area contributed by atoms with Crippen molar-refractivity contribution in [1.29, 1.82) is 0 Å². The highest BCUT2D eigenvalue weighted by Gasteiger charge is 2.34. The SMILES string of the molecule is FC(F)(F)c1cccc(-n2cc(-c3ccc(Br)cc3)[n+]3c2CCc2ccccc2-3)c1.[Br-]. The van der Waals surface area contributed by atoms with Gasteiger partial charge in [-0.3, -0.25) is 0 Å². The molecule has 5 rings (SSSR count). The molecule has 2 nitrogen and oxygen atoms in total. The maximum Gasteiger partial charge on any atom is 0.416 e. The van der Waals surface area contributed by atoms with Crippen molar-refractivity contribution in [3.8, 4) is 22.6 Å². The second kappa shape index (κ2) is 8.28. The molecule has 0 aliphatic carbocycles. The fraction of sp³-hybridized carbons (Fsp3) is 0.125. The van der Waals surface area contributed by atoms with Gasteiger partial charge in [0.2, 0.25) is 0 Å². The topological polar surface area (TPSA) is 8.81 Å². The predicted octanol–water partition coefficient (Wildman–Crippen LogP) is 3.30. The third-order valence-corrected chi connectivity index (χ3v) is 6.00. The highest BCUT2D eigenvalue weighted by Crippen LogP contribution is 2.32. The first-order valence-corrected chi connectivity index (χ1v) is 10.4. The number of halogens is 5. The summed E-state index contributed by atoms with van der Waals surface area (Å²) in [5.74, 6) is 0.964. The van der Waals surface area contributed by atoms with Crippen molar-refractivity contribution in [2.45, 2.75) is 19.0 Å². The molecule has 0 unspecified atom stereocenters. The van der Waals surface area contributed by atoms with E-state index in [1.54, 1.807) is 6.07 Å². The summed E-state index contributed by atoms with van der Waals surface area (Å²) in [5.41, 5.74) is 4.12. The van der Waals surface area contributed by atoms with Crippen LogP contribution in [-0.2, 0) is 19.0 Å². The van der Waals surface area contributed by atoms with Crippen molar-refractivity contribution in [3.05, 3.63) is 100 Å². The number of benzene rings is 3. The largest absolute Gasteiger partial charge is 1.00 e. The third-order valence-electron chi connectivity index (χ3n) is 5.47. The van der Waals surface area contributed by atoms with Crippen LogP contribution in [-0.4, -0.2) is 4.57 Å². The summed E-state index contributed by atoms with van der Waals surface area (Å²) in [6.45, 7) is 0. The molecule has 0 spiro atoms. The Kier molecular flexibility index (Phi) is 5.83. The Morgan fingerprint density at radius 2 is 1.61 bits per heavy atom. The maximum atomic E-state index is 13.3. The zero-order valence-corrected chi connectivity index (χ0v) is 19.4. The second-order valence-corrected chi connectivity index (χ2v) is 8.24. The van der Waals surface area contributed by atoms with E-state index in [1.807, 2.05) is 47.2 Å². The lowest BCUT2D eigenvalue weighted by Gasteiger charge is -2.15.